The summed E-state index contributed by atoms with van der Waals surface area (Å²) >= 11 is 1.13. The van der Waals surface area contributed by atoms with Gasteiger partial charge >= 0.3 is 0 Å². The maximum absolute atomic E-state index is 13.2. The molecule has 7 heteroatoms. The molecule has 4 aromatic rings. The summed E-state index contributed by atoms with van der Waals surface area (Å²) < 4.78 is 1.57. The fraction of sp³-hybridized carbons (Fsp3) is 0.120. The van der Waals surface area contributed by atoms with Crippen LogP contribution in [0.1, 0.15) is 21.5 Å². The van der Waals surface area contributed by atoms with Crippen molar-refractivity contribution < 1.29 is 9.59 Å². The average Bonchev–Trinajstić information content (AvgIpc) is 2.81. The van der Waals surface area contributed by atoms with Crippen molar-refractivity contribution in [3.8, 4) is 0 Å². The molecule has 0 radical (unpaired) electrons. The number of benzene rings is 3. The van der Waals surface area contributed by atoms with Crippen LogP contribution in [-0.2, 0) is 11.3 Å². The number of imide groups is 1. The Bertz CT molecular complexity index is 1330. The Labute approximate surface area is 189 Å². The van der Waals surface area contributed by atoms with Crippen LogP contribution in [-0.4, -0.2) is 27.1 Å². The van der Waals surface area contributed by atoms with Gasteiger partial charge in [-0.05, 0) is 36.8 Å². The first-order valence-corrected chi connectivity index (χ1v) is 11.1. The quantitative estimate of drug-likeness (QED) is 0.362. The van der Waals surface area contributed by atoms with E-state index in [9.17, 15) is 14.4 Å². The van der Waals surface area contributed by atoms with Crippen LogP contribution in [0.2, 0.25) is 0 Å². The lowest BCUT2D eigenvalue weighted by atomic mass is 10.1. The number of aryl methyl sites for hydroxylation is 1. The molecule has 2 amide bonds. The van der Waals surface area contributed by atoms with Crippen molar-refractivity contribution in [3.05, 3.63) is 106 Å². The van der Waals surface area contributed by atoms with Gasteiger partial charge in [0.1, 0.15) is 0 Å². The summed E-state index contributed by atoms with van der Waals surface area (Å²) in [6, 6.07) is 23.6. The summed E-state index contributed by atoms with van der Waals surface area (Å²) in [5.41, 5.74) is 2.90. The second kappa shape index (κ2) is 9.62. The highest BCUT2D eigenvalue weighted by Gasteiger charge is 2.15. The van der Waals surface area contributed by atoms with Crippen molar-refractivity contribution in [1.82, 2.24) is 14.9 Å². The minimum absolute atomic E-state index is 0.0444. The van der Waals surface area contributed by atoms with Gasteiger partial charge in [-0.15, -0.1) is 0 Å². The van der Waals surface area contributed by atoms with Crippen LogP contribution < -0.4 is 10.9 Å². The molecule has 0 saturated carbocycles. The van der Waals surface area contributed by atoms with Crippen molar-refractivity contribution in [2.24, 2.45) is 0 Å². The molecule has 0 saturated heterocycles. The number of thioether (sulfide) groups is 1. The van der Waals surface area contributed by atoms with E-state index in [4.69, 9.17) is 0 Å². The third kappa shape index (κ3) is 4.95. The van der Waals surface area contributed by atoms with Gasteiger partial charge in [-0.3, -0.25) is 24.3 Å². The minimum atomic E-state index is -0.459. The summed E-state index contributed by atoms with van der Waals surface area (Å²) in [5, 5.41) is 3.33. The number of amides is 2. The van der Waals surface area contributed by atoms with E-state index in [0.717, 1.165) is 22.9 Å². The largest absolute Gasteiger partial charge is 0.292 e. The molecule has 3 aromatic carbocycles. The number of aromatic nitrogens is 2. The number of fused-ring (bicyclic) bond motifs is 1. The predicted octanol–water partition coefficient (Wildman–Crippen LogP) is 3.80. The Hall–Kier alpha value is -3.71. The van der Waals surface area contributed by atoms with E-state index in [1.54, 1.807) is 53.1 Å². The van der Waals surface area contributed by atoms with E-state index in [0.29, 0.717) is 28.2 Å². The molecule has 4 rings (SSSR count). The van der Waals surface area contributed by atoms with Crippen LogP contribution in [0.5, 0.6) is 0 Å². The fourth-order valence-corrected chi connectivity index (χ4v) is 4.03. The highest BCUT2D eigenvalue weighted by molar-refractivity contribution is 7.99. The van der Waals surface area contributed by atoms with Gasteiger partial charge in [-0.2, -0.15) is 0 Å². The van der Waals surface area contributed by atoms with Crippen molar-refractivity contribution in [2.45, 2.75) is 18.6 Å². The van der Waals surface area contributed by atoms with Crippen molar-refractivity contribution in [2.75, 3.05) is 5.75 Å². The first-order chi connectivity index (χ1) is 15.5. The lowest BCUT2D eigenvalue weighted by Crippen LogP contribution is -2.32. The lowest BCUT2D eigenvalue weighted by Gasteiger charge is -2.13. The summed E-state index contributed by atoms with van der Waals surface area (Å²) in [6.07, 6.45) is 0. The smallest absolute Gasteiger partial charge is 0.262 e. The zero-order valence-corrected chi connectivity index (χ0v) is 18.3. The molecule has 0 aliphatic heterocycles. The SMILES string of the molecule is Cc1ccc(Cn2c(SCC(=O)NC(=O)c3ccccc3)nc3ccccc3c2=O)cc1. The maximum Gasteiger partial charge on any atom is 0.262 e. The number of carbonyl (C=O) groups excluding carboxylic acids is 2. The van der Waals surface area contributed by atoms with E-state index in [-0.39, 0.29) is 11.3 Å². The van der Waals surface area contributed by atoms with Crippen LogP contribution in [0.4, 0.5) is 0 Å². The molecule has 0 atom stereocenters. The van der Waals surface area contributed by atoms with Gasteiger partial charge in [0.2, 0.25) is 5.91 Å². The van der Waals surface area contributed by atoms with Crippen LogP contribution in [0.25, 0.3) is 10.9 Å². The third-order valence-electron chi connectivity index (χ3n) is 4.91. The molecule has 160 valence electrons. The Kier molecular flexibility index (Phi) is 6.47. The summed E-state index contributed by atoms with van der Waals surface area (Å²) in [4.78, 5) is 42.4. The van der Waals surface area contributed by atoms with E-state index in [1.165, 1.54) is 0 Å². The van der Waals surface area contributed by atoms with Gasteiger partial charge in [-0.25, -0.2) is 4.98 Å². The standard InChI is InChI=1S/C25H21N3O3S/c1-17-11-13-18(14-12-17)15-28-24(31)20-9-5-6-10-21(20)26-25(28)32-16-22(29)27-23(30)19-7-3-2-4-8-19/h2-14H,15-16H2,1H3,(H,27,29,30). The molecular formula is C25H21N3O3S. The Morgan fingerprint density at radius 1 is 0.938 bits per heavy atom. The predicted molar refractivity (Wildman–Crippen MR) is 126 cm³/mol. The van der Waals surface area contributed by atoms with Crippen molar-refractivity contribution in [3.63, 3.8) is 0 Å². The van der Waals surface area contributed by atoms with Crippen molar-refractivity contribution in [1.29, 1.82) is 0 Å². The summed E-state index contributed by atoms with van der Waals surface area (Å²) in [5.74, 6) is -0.954. The molecule has 1 heterocycles. The normalized spacial score (nSPS) is 10.8. The number of para-hydroxylation sites is 1. The highest BCUT2D eigenvalue weighted by atomic mass is 32.2. The number of hydrogen-bond acceptors (Lipinski definition) is 5. The second-order valence-electron chi connectivity index (χ2n) is 7.32. The molecule has 0 bridgehead atoms. The van der Waals surface area contributed by atoms with Crippen LogP contribution in [0.3, 0.4) is 0 Å². The maximum atomic E-state index is 13.2. The van der Waals surface area contributed by atoms with Gasteiger partial charge in [-0.1, -0.05) is 71.9 Å². The molecule has 0 aliphatic rings. The van der Waals surface area contributed by atoms with Gasteiger partial charge in [0, 0.05) is 5.56 Å². The number of rotatable bonds is 6. The highest BCUT2D eigenvalue weighted by Crippen LogP contribution is 2.19. The summed E-state index contributed by atoms with van der Waals surface area (Å²) in [7, 11) is 0. The number of hydrogen-bond donors (Lipinski definition) is 1. The monoisotopic (exact) mass is 443 g/mol. The zero-order chi connectivity index (χ0) is 22.5. The van der Waals surface area contributed by atoms with Crippen LogP contribution >= 0.6 is 11.8 Å². The third-order valence-corrected chi connectivity index (χ3v) is 5.89. The Morgan fingerprint density at radius 3 is 2.38 bits per heavy atom. The molecule has 0 aliphatic carbocycles. The molecule has 32 heavy (non-hydrogen) atoms. The molecule has 6 nitrogen and oxygen atoms in total. The van der Waals surface area contributed by atoms with E-state index >= 15 is 0 Å². The van der Waals surface area contributed by atoms with Gasteiger partial charge in [0.05, 0.1) is 23.2 Å². The van der Waals surface area contributed by atoms with Gasteiger partial charge in [0.15, 0.2) is 5.16 Å². The fourth-order valence-electron chi connectivity index (χ4n) is 3.23. The van der Waals surface area contributed by atoms with E-state index in [2.05, 4.69) is 10.3 Å². The van der Waals surface area contributed by atoms with E-state index in [1.807, 2.05) is 37.3 Å². The van der Waals surface area contributed by atoms with Crippen LogP contribution in [0.15, 0.2) is 88.8 Å². The molecular weight excluding hydrogens is 422 g/mol. The molecule has 0 unspecified atom stereocenters. The Morgan fingerprint density at radius 2 is 1.62 bits per heavy atom. The van der Waals surface area contributed by atoms with Gasteiger partial charge in [0.25, 0.3) is 11.5 Å². The van der Waals surface area contributed by atoms with Crippen molar-refractivity contribution >= 4 is 34.5 Å². The Balaban J connectivity index is 1.58. The zero-order valence-electron chi connectivity index (χ0n) is 17.4. The lowest BCUT2D eigenvalue weighted by molar-refractivity contribution is -0.117. The topological polar surface area (TPSA) is 81.1 Å². The number of nitrogens with zero attached hydrogens (tertiary/aromatic N) is 2. The first kappa shape index (κ1) is 21.5. The number of carbonyl (C=O) groups is 2. The van der Waals surface area contributed by atoms with E-state index < -0.39 is 11.8 Å². The minimum Gasteiger partial charge on any atom is -0.292 e. The number of nitrogens with one attached hydrogen (secondary N) is 1. The second-order valence-corrected chi connectivity index (χ2v) is 8.26. The van der Waals surface area contributed by atoms with Crippen LogP contribution in [0, 0.1) is 6.92 Å². The molecule has 1 aromatic heterocycles. The summed E-state index contributed by atoms with van der Waals surface area (Å²) in [6.45, 7) is 2.34. The molecule has 0 fully saturated rings. The first-order valence-electron chi connectivity index (χ1n) is 10.1. The molecule has 0 spiro atoms. The molecule has 1 N–H and O–H groups in total. The van der Waals surface area contributed by atoms with Gasteiger partial charge < -0.3 is 0 Å². The average molecular weight is 444 g/mol.